The van der Waals surface area contributed by atoms with Crippen molar-refractivity contribution in [3.05, 3.63) is 40.2 Å². The van der Waals surface area contributed by atoms with Gasteiger partial charge in [0.05, 0.1) is 4.47 Å². The zero-order valence-electron chi connectivity index (χ0n) is 10.7. The number of halogens is 2. The summed E-state index contributed by atoms with van der Waals surface area (Å²) in [5, 5.41) is 11.1. The van der Waals surface area contributed by atoms with Gasteiger partial charge >= 0.3 is 0 Å². The third-order valence-electron chi connectivity index (χ3n) is 2.52. The largest absolute Gasteiger partial charge is 0.304 e. The molecule has 0 atom stereocenters. The molecule has 21 heavy (non-hydrogen) atoms. The Morgan fingerprint density at radius 1 is 1.48 bits per heavy atom. The van der Waals surface area contributed by atoms with Crippen LogP contribution in [-0.4, -0.2) is 24.1 Å². The average molecular weight is 377 g/mol. The SMILES string of the molecule is Cn1cc(S(N)(=O)=O)c(NC(=O)c2ccc(Br)c(F)c2)n1. The first-order valence-corrected chi connectivity index (χ1v) is 7.85. The standard InChI is InChI=1S/C11H10BrFN4O3S/c1-17-5-9(21(14,19)20)10(16-17)15-11(18)6-2-3-7(12)8(13)4-6/h2-5H,1H3,(H2,14,19,20)(H,15,16,18). The van der Waals surface area contributed by atoms with Crippen molar-refractivity contribution in [1.29, 1.82) is 0 Å². The molecular formula is C11H10BrFN4O3S. The third kappa shape index (κ3) is 3.46. The molecule has 7 nitrogen and oxygen atoms in total. The molecule has 0 aliphatic rings. The number of hydrogen-bond donors (Lipinski definition) is 2. The lowest BCUT2D eigenvalue weighted by molar-refractivity contribution is 0.102. The maximum atomic E-state index is 13.4. The minimum Gasteiger partial charge on any atom is -0.304 e. The number of aromatic nitrogens is 2. The quantitative estimate of drug-likeness (QED) is 0.839. The third-order valence-corrected chi connectivity index (χ3v) is 4.07. The van der Waals surface area contributed by atoms with Crippen molar-refractivity contribution in [3.8, 4) is 0 Å². The van der Waals surface area contributed by atoms with Gasteiger partial charge in [-0.05, 0) is 34.1 Å². The predicted octanol–water partition coefficient (Wildman–Crippen LogP) is 1.22. The smallest absolute Gasteiger partial charge is 0.257 e. The molecule has 0 fully saturated rings. The predicted molar refractivity (Wildman–Crippen MR) is 76.6 cm³/mol. The van der Waals surface area contributed by atoms with Gasteiger partial charge in [0.1, 0.15) is 10.7 Å². The zero-order valence-corrected chi connectivity index (χ0v) is 13.1. The molecule has 1 amide bonds. The number of benzene rings is 1. The van der Waals surface area contributed by atoms with Crippen LogP contribution in [0.3, 0.4) is 0 Å². The maximum Gasteiger partial charge on any atom is 0.257 e. The second-order valence-corrected chi connectivity index (χ2v) is 6.53. The fourth-order valence-corrected chi connectivity index (χ4v) is 2.49. The van der Waals surface area contributed by atoms with E-state index in [2.05, 4.69) is 26.3 Å². The number of amides is 1. The van der Waals surface area contributed by atoms with Gasteiger partial charge in [-0.25, -0.2) is 17.9 Å². The molecule has 0 saturated carbocycles. The highest BCUT2D eigenvalue weighted by Crippen LogP contribution is 2.20. The average Bonchev–Trinajstić information content (AvgIpc) is 2.73. The van der Waals surface area contributed by atoms with Crippen molar-refractivity contribution in [2.45, 2.75) is 4.90 Å². The number of primary sulfonamides is 1. The Bertz CT molecular complexity index is 819. The molecule has 0 unspecified atom stereocenters. The maximum absolute atomic E-state index is 13.4. The Morgan fingerprint density at radius 2 is 2.14 bits per heavy atom. The molecule has 0 spiro atoms. The second kappa shape index (κ2) is 5.54. The molecule has 0 aliphatic carbocycles. The summed E-state index contributed by atoms with van der Waals surface area (Å²) >= 11 is 2.97. The summed E-state index contributed by atoms with van der Waals surface area (Å²) in [6, 6.07) is 3.75. The summed E-state index contributed by atoms with van der Waals surface area (Å²) in [7, 11) is -2.56. The molecule has 1 aromatic heterocycles. The van der Waals surface area contributed by atoms with E-state index in [1.807, 2.05) is 0 Å². The molecule has 0 saturated heterocycles. The van der Waals surface area contributed by atoms with E-state index in [1.54, 1.807) is 0 Å². The number of aryl methyl sites for hydroxylation is 1. The van der Waals surface area contributed by atoms with Gasteiger partial charge in [0, 0.05) is 18.8 Å². The van der Waals surface area contributed by atoms with Gasteiger partial charge in [0.15, 0.2) is 5.82 Å². The normalized spacial score (nSPS) is 11.4. The molecule has 2 rings (SSSR count). The van der Waals surface area contributed by atoms with Crippen LogP contribution in [0, 0.1) is 5.82 Å². The minimum absolute atomic E-state index is 0.0155. The van der Waals surface area contributed by atoms with E-state index >= 15 is 0 Å². The fraction of sp³-hybridized carbons (Fsp3) is 0.0909. The van der Waals surface area contributed by atoms with Gasteiger partial charge in [-0.2, -0.15) is 5.10 Å². The summed E-state index contributed by atoms with van der Waals surface area (Å²) in [6.45, 7) is 0. The van der Waals surface area contributed by atoms with Crippen molar-refractivity contribution < 1.29 is 17.6 Å². The number of nitrogens with one attached hydrogen (secondary N) is 1. The Balaban J connectivity index is 2.34. The Morgan fingerprint density at radius 3 is 2.71 bits per heavy atom. The number of carbonyl (C=O) groups is 1. The molecule has 3 N–H and O–H groups in total. The van der Waals surface area contributed by atoms with Crippen molar-refractivity contribution >= 4 is 37.7 Å². The lowest BCUT2D eigenvalue weighted by atomic mass is 10.2. The van der Waals surface area contributed by atoms with Crippen LogP contribution in [0.4, 0.5) is 10.2 Å². The van der Waals surface area contributed by atoms with E-state index in [9.17, 15) is 17.6 Å². The van der Waals surface area contributed by atoms with Crippen molar-refractivity contribution in [2.75, 3.05) is 5.32 Å². The monoisotopic (exact) mass is 376 g/mol. The van der Waals surface area contributed by atoms with Crippen molar-refractivity contribution in [3.63, 3.8) is 0 Å². The lowest BCUT2D eigenvalue weighted by Crippen LogP contribution is -2.18. The van der Waals surface area contributed by atoms with Crippen molar-refractivity contribution in [1.82, 2.24) is 9.78 Å². The van der Waals surface area contributed by atoms with Gasteiger partial charge in [0.2, 0.25) is 10.0 Å². The highest BCUT2D eigenvalue weighted by Gasteiger charge is 2.20. The molecule has 0 aliphatic heterocycles. The molecule has 0 bridgehead atoms. The second-order valence-electron chi connectivity index (χ2n) is 4.14. The molecule has 1 heterocycles. The summed E-state index contributed by atoms with van der Waals surface area (Å²) in [4.78, 5) is 11.7. The van der Waals surface area contributed by atoms with Crippen LogP contribution < -0.4 is 10.5 Å². The first-order chi connectivity index (χ1) is 9.68. The van der Waals surface area contributed by atoms with Crippen LogP contribution in [-0.2, 0) is 17.1 Å². The molecule has 2 aromatic rings. The number of hydrogen-bond acceptors (Lipinski definition) is 4. The highest BCUT2D eigenvalue weighted by molar-refractivity contribution is 9.10. The number of carbonyl (C=O) groups excluding carboxylic acids is 1. The molecular weight excluding hydrogens is 367 g/mol. The minimum atomic E-state index is -4.03. The van der Waals surface area contributed by atoms with E-state index in [1.165, 1.54) is 23.9 Å². The molecule has 1 aromatic carbocycles. The first kappa shape index (κ1) is 15.6. The van der Waals surface area contributed by atoms with E-state index in [0.717, 1.165) is 12.3 Å². The first-order valence-electron chi connectivity index (χ1n) is 5.51. The molecule has 112 valence electrons. The summed E-state index contributed by atoms with van der Waals surface area (Å²) in [5.41, 5.74) is 0.0155. The topological polar surface area (TPSA) is 107 Å². The van der Waals surface area contributed by atoms with E-state index in [4.69, 9.17) is 5.14 Å². The van der Waals surface area contributed by atoms with E-state index in [-0.39, 0.29) is 20.7 Å². The number of anilines is 1. The van der Waals surface area contributed by atoms with Gasteiger partial charge in [-0.15, -0.1) is 0 Å². The van der Waals surface area contributed by atoms with Gasteiger partial charge < -0.3 is 5.32 Å². The lowest BCUT2D eigenvalue weighted by Gasteiger charge is -2.04. The summed E-state index contributed by atoms with van der Waals surface area (Å²) in [5.74, 6) is -1.53. The Hall–Kier alpha value is -1.78. The van der Waals surface area contributed by atoms with Crippen molar-refractivity contribution in [2.24, 2.45) is 12.2 Å². The van der Waals surface area contributed by atoms with Gasteiger partial charge in [-0.3, -0.25) is 9.48 Å². The van der Waals surface area contributed by atoms with Crippen LogP contribution in [0.1, 0.15) is 10.4 Å². The zero-order chi connectivity index (χ0) is 15.8. The van der Waals surface area contributed by atoms with Gasteiger partial charge in [0.25, 0.3) is 5.91 Å². The molecule has 10 heteroatoms. The summed E-state index contributed by atoms with van der Waals surface area (Å²) in [6.07, 6.45) is 1.16. The van der Waals surface area contributed by atoms with Gasteiger partial charge in [-0.1, -0.05) is 0 Å². The number of nitrogens with two attached hydrogens (primary N) is 1. The Kier molecular flexibility index (Phi) is 4.12. The number of sulfonamides is 1. The highest BCUT2D eigenvalue weighted by atomic mass is 79.9. The van der Waals surface area contributed by atoms with Crippen LogP contribution in [0.5, 0.6) is 0 Å². The molecule has 0 radical (unpaired) electrons. The number of rotatable bonds is 3. The fourth-order valence-electron chi connectivity index (χ4n) is 1.58. The summed E-state index contributed by atoms with van der Waals surface area (Å²) < 4.78 is 37.6. The van der Waals surface area contributed by atoms with E-state index < -0.39 is 21.7 Å². The van der Waals surface area contributed by atoms with Crippen LogP contribution >= 0.6 is 15.9 Å². The van der Waals surface area contributed by atoms with Crippen LogP contribution in [0.2, 0.25) is 0 Å². The van der Waals surface area contributed by atoms with Crippen LogP contribution in [0.15, 0.2) is 33.8 Å². The Labute approximate surface area is 128 Å². The van der Waals surface area contributed by atoms with Crippen LogP contribution in [0.25, 0.3) is 0 Å². The van der Waals surface area contributed by atoms with E-state index in [0.29, 0.717) is 0 Å². The number of nitrogens with zero attached hydrogens (tertiary/aromatic N) is 2.